The summed E-state index contributed by atoms with van der Waals surface area (Å²) in [4.78, 5) is 0. The molecule has 0 aliphatic carbocycles. The van der Waals surface area contributed by atoms with E-state index in [2.05, 4.69) is 15.9 Å². The second-order valence-electron chi connectivity index (χ2n) is 3.59. The van der Waals surface area contributed by atoms with E-state index in [1.54, 1.807) is 0 Å². The highest BCUT2D eigenvalue weighted by Gasteiger charge is 2.12. The van der Waals surface area contributed by atoms with E-state index < -0.39 is 11.6 Å². The average molecular weight is 310 g/mol. The molecular weight excluding hydrogens is 304 g/mol. The number of hydrogen-bond donors (Lipinski definition) is 1. The molecule has 0 atom stereocenters. The minimum atomic E-state index is -1.01. The predicted octanol–water partition coefficient (Wildman–Crippen LogP) is 3.97. The normalized spacial score (nSPS) is 10.1. The fourth-order valence-electron chi connectivity index (χ4n) is 1.55. The van der Waals surface area contributed by atoms with Gasteiger partial charge in [0, 0.05) is 5.56 Å². The molecule has 0 unspecified atom stereocenters. The van der Waals surface area contributed by atoms with Crippen molar-refractivity contribution < 1.29 is 13.9 Å². The minimum Gasteiger partial charge on any atom is -0.506 e. The van der Waals surface area contributed by atoms with Crippen LogP contribution in [0.15, 0.2) is 34.8 Å². The molecule has 1 N–H and O–H groups in total. The number of phenols is 1. The van der Waals surface area contributed by atoms with Gasteiger partial charge in [-0.1, -0.05) is 6.07 Å². The van der Waals surface area contributed by atoms with Gasteiger partial charge in [-0.3, -0.25) is 0 Å². The summed E-state index contributed by atoms with van der Waals surface area (Å²) >= 11 is 3.10. The van der Waals surface area contributed by atoms with E-state index in [-0.39, 0.29) is 11.3 Å². The second-order valence-corrected chi connectivity index (χ2v) is 4.45. The Morgan fingerprint density at radius 1 is 1.11 bits per heavy atom. The maximum atomic E-state index is 13.1. The Bertz CT molecular complexity index is 665. The third-order valence-electron chi connectivity index (χ3n) is 2.42. The molecule has 0 fully saturated rings. The number of nitrogens with zero attached hydrogens (tertiary/aromatic N) is 1. The number of aromatic hydroxyl groups is 1. The Labute approximate surface area is 110 Å². The minimum absolute atomic E-state index is 0.125. The standard InChI is InChI=1S/C13H6BrF2NO/c14-10-4-7(6-17)3-9(13(10)18)8-1-2-11(15)12(16)5-8/h1-5,18H. The average Bonchev–Trinajstić information content (AvgIpc) is 2.36. The van der Waals surface area contributed by atoms with E-state index in [1.165, 1.54) is 18.2 Å². The number of nitriles is 1. The fraction of sp³-hybridized carbons (Fsp3) is 0. The van der Waals surface area contributed by atoms with Crippen molar-refractivity contribution in [3.63, 3.8) is 0 Å². The van der Waals surface area contributed by atoms with Crippen LogP contribution < -0.4 is 0 Å². The van der Waals surface area contributed by atoms with E-state index in [4.69, 9.17) is 5.26 Å². The molecule has 2 nitrogen and oxygen atoms in total. The van der Waals surface area contributed by atoms with Crippen LogP contribution in [0.3, 0.4) is 0 Å². The van der Waals surface area contributed by atoms with Crippen LogP contribution in [0.5, 0.6) is 5.75 Å². The van der Waals surface area contributed by atoms with Gasteiger partial charge >= 0.3 is 0 Å². The largest absolute Gasteiger partial charge is 0.506 e. The van der Waals surface area contributed by atoms with Gasteiger partial charge < -0.3 is 5.11 Å². The van der Waals surface area contributed by atoms with E-state index in [9.17, 15) is 13.9 Å². The lowest BCUT2D eigenvalue weighted by Crippen LogP contribution is -1.88. The van der Waals surface area contributed by atoms with E-state index >= 15 is 0 Å². The smallest absolute Gasteiger partial charge is 0.159 e. The molecule has 90 valence electrons. The number of halogens is 3. The van der Waals surface area contributed by atoms with Gasteiger partial charge in [-0.2, -0.15) is 5.26 Å². The molecule has 0 amide bonds. The lowest BCUT2D eigenvalue weighted by molar-refractivity contribution is 0.473. The Kier molecular flexibility index (Phi) is 3.30. The molecule has 2 aromatic rings. The Hall–Kier alpha value is -1.93. The van der Waals surface area contributed by atoms with Crippen LogP contribution in [-0.2, 0) is 0 Å². The van der Waals surface area contributed by atoms with E-state index in [0.717, 1.165) is 12.1 Å². The number of hydrogen-bond acceptors (Lipinski definition) is 2. The van der Waals surface area contributed by atoms with Gasteiger partial charge in [0.05, 0.1) is 16.1 Å². The first-order chi connectivity index (χ1) is 8.52. The zero-order valence-electron chi connectivity index (χ0n) is 8.92. The van der Waals surface area contributed by atoms with Crippen molar-refractivity contribution in [2.45, 2.75) is 0 Å². The summed E-state index contributed by atoms with van der Waals surface area (Å²) in [6.45, 7) is 0. The molecule has 5 heteroatoms. The zero-order valence-corrected chi connectivity index (χ0v) is 10.5. The first-order valence-electron chi connectivity index (χ1n) is 4.91. The third kappa shape index (κ3) is 2.20. The molecule has 18 heavy (non-hydrogen) atoms. The maximum Gasteiger partial charge on any atom is 0.159 e. The van der Waals surface area contributed by atoms with Crippen molar-refractivity contribution in [2.75, 3.05) is 0 Å². The molecule has 0 heterocycles. The highest BCUT2D eigenvalue weighted by Crippen LogP contribution is 2.36. The molecule has 0 aliphatic rings. The number of benzene rings is 2. The van der Waals surface area contributed by atoms with Gasteiger partial charge in [-0.05, 0) is 45.8 Å². The SMILES string of the molecule is N#Cc1cc(Br)c(O)c(-c2ccc(F)c(F)c2)c1. The summed E-state index contributed by atoms with van der Waals surface area (Å²) in [7, 11) is 0. The highest BCUT2D eigenvalue weighted by atomic mass is 79.9. The van der Waals surface area contributed by atoms with Crippen molar-refractivity contribution in [3.8, 4) is 22.9 Å². The number of rotatable bonds is 1. The summed E-state index contributed by atoms with van der Waals surface area (Å²) in [6, 6.07) is 8.05. The Morgan fingerprint density at radius 2 is 1.83 bits per heavy atom. The van der Waals surface area contributed by atoms with Crippen molar-refractivity contribution >= 4 is 15.9 Å². The predicted molar refractivity (Wildman–Crippen MR) is 65.9 cm³/mol. The molecule has 2 rings (SSSR count). The first kappa shape index (κ1) is 12.5. The van der Waals surface area contributed by atoms with E-state index in [0.29, 0.717) is 15.6 Å². The molecule has 0 spiro atoms. The van der Waals surface area contributed by atoms with Crippen LogP contribution >= 0.6 is 15.9 Å². The molecule has 0 saturated heterocycles. The Morgan fingerprint density at radius 3 is 2.44 bits per heavy atom. The van der Waals surface area contributed by atoms with Gasteiger partial charge in [0.1, 0.15) is 5.75 Å². The van der Waals surface area contributed by atoms with Crippen LogP contribution in [0, 0.1) is 23.0 Å². The van der Waals surface area contributed by atoms with Crippen molar-refractivity contribution in [3.05, 3.63) is 52.0 Å². The van der Waals surface area contributed by atoms with Gasteiger partial charge in [-0.25, -0.2) is 8.78 Å². The topological polar surface area (TPSA) is 44.0 Å². The molecule has 0 aliphatic heterocycles. The van der Waals surface area contributed by atoms with Crippen LogP contribution in [0.4, 0.5) is 8.78 Å². The molecule has 0 radical (unpaired) electrons. The summed E-state index contributed by atoms with van der Waals surface area (Å²) < 4.78 is 26.3. The third-order valence-corrected chi connectivity index (χ3v) is 3.03. The van der Waals surface area contributed by atoms with Gasteiger partial charge in [-0.15, -0.1) is 0 Å². The quantitative estimate of drug-likeness (QED) is 0.866. The molecular formula is C13H6BrF2NO. The fourth-order valence-corrected chi connectivity index (χ4v) is 2.01. The monoisotopic (exact) mass is 309 g/mol. The molecule has 2 aromatic carbocycles. The zero-order chi connectivity index (χ0) is 13.3. The lowest BCUT2D eigenvalue weighted by Gasteiger charge is -2.07. The second kappa shape index (κ2) is 4.75. The first-order valence-corrected chi connectivity index (χ1v) is 5.70. The van der Waals surface area contributed by atoms with Crippen molar-refractivity contribution in [1.82, 2.24) is 0 Å². The molecule has 0 aromatic heterocycles. The van der Waals surface area contributed by atoms with Crippen LogP contribution in [-0.4, -0.2) is 5.11 Å². The summed E-state index contributed by atoms with van der Waals surface area (Å²) in [5, 5.41) is 18.7. The lowest BCUT2D eigenvalue weighted by atomic mass is 10.0. The van der Waals surface area contributed by atoms with Gasteiger partial charge in [0.2, 0.25) is 0 Å². The molecule has 0 saturated carbocycles. The van der Waals surface area contributed by atoms with Crippen molar-refractivity contribution in [2.24, 2.45) is 0 Å². The maximum absolute atomic E-state index is 13.1. The van der Waals surface area contributed by atoms with Crippen LogP contribution in [0.2, 0.25) is 0 Å². The van der Waals surface area contributed by atoms with Crippen LogP contribution in [0.1, 0.15) is 5.56 Å². The van der Waals surface area contributed by atoms with Crippen LogP contribution in [0.25, 0.3) is 11.1 Å². The summed E-state index contributed by atoms with van der Waals surface area (Å²) in [5.41, 5.74) is 0.864. The van der Waals surface area contributed by atoms with Gasteiger partial charge in [0.15, 0.2) is 11.6 Å². The Balaban J connectivity index is 2.67. The highest BCUT2D eigenvalue weighted by molar-refractivity contribution is 9.10. The van der Waals surface area contributed by atoms with E-state index in [1.807, 2.05) is 6.07 Å². The van der Waals surface area contributed by atoms with Gasteiger partial charge in [0.25, 0.3) is 0 Å². The summed E-state index contributed by atoms with van der Waals surface area (Å²) in [5.74, 6) is -2.10. The summed E-state index contributed by atoms with van der Waals surface area (Å²) in [6.07, 6.45) is 0. The number of phenolic OH excluding ortho intramolecular Hbond substituents is 1. The van der Waals surface area contributed by atoms with Crippen molar-refractivity contribution in [1.29, 1.82) is 5.26 Å². The molecule has 0 bridgehead atoms.